The van der Waals surface area contributed by atoms with Gasteiger partial charge in [0, 0.05) is 18.5 Å². The van der Waals surface area contributed by atoms with E-state index in [9.17, 15) is 0 Å². The van der Waals surface area contributed by atoms with E-state index in [0.29, 0.717) is 0 Å². The number of fused-ring (bicyclic) bond motifs is 1. The monoisotopic (exact) mass is 259 g/mol. The number of aromatic nitrogens is 2. The molecule has 1 aromatic heterocycles. The third kappa shape index (κ3) is 3.16. The summed E-state index contributed by atoms with van der Waals surface area (Å²) in [5.74, 6) is 0. The lowest BCUT2D eigenvalue weighted by molar-refractivity contribution is 0.301. The van der Waals surface area contributed by atoms with E-state index in [0.717, 1.165) is 19.3 Å². The van der Waals surface area contributed by atoms with Crippen LogP contribution in [0.25, 0.3) is 10.9 Å². The van der Waals surface area contributed by atoms with E-state index in [1.54, 1.807) is 0 Å². The van der Waals surface area contributed by atoms with Crippen molar-refractivity contribution in [1.82, 2.24) is 9.78 Å². The van der Waals surface area contributed by atoms with Crippen LogP contribution < -0.4 is 5.73 Å². The van der Waals surface area contributed by atoms with Gasteiger partial charge in [0.25, 0.3) is 0 Å². The molecule has 3 heteroatoms. The Labute approximate surface area is 115 Å². The van der Waals surface area contributed by atoms with Gasteiger partial charge in [-0.1, -0.05) is 39.0 Å². The zero-order valence-electron chi connectivity index (χ0n) is 12.5. The number of para-hydroxylation sites is 1. The highest BCUT2D eigenvalue weighted by atomic mass is 15.3. The second-order valence-corrected chi connectivity index (χ2v) is 6.45. The first-order chi connectivity index (χ1) is 8.89. The Balaban J connectivity index is 2.03. The van der Waals surface area contributed by atoms with Gasteiger partial charge in [-0.25, -0.2) is 0 Å². The van der Waals surface area contributed by atoms with Gasteiger partial charge in [-0.15, -0.1) is 0 Å². The minimum atomic E-state index is 0.187. The zero-order valence-corrected chi connectivity index (χ0v) is 12.5. The largest absolute Gasteiger partial charge is 0.327 e. The van der Waals surface area contributed by atoms with Crippen molar-refractivity contribution in [2.45, 2.75) is 46.1 Å². The van der Waals surface area contributed by atoms with Crippen LogP contribution in [0.1, 0.15) is 39.3 Å². The van der Waals surface area contributed by atoms with Gasteiger partial charge in [-0.2, -0.15) is 5.10 Å². The van der Waals surface area contributed by atoms with Crippen LogP contribution in [0.2, 0.25) is 0 Å². The molecule has 1 atom stereocenters. The van der Waals surface area contributed by atoms with Crippen LogP contribution >= 0.6 is 0 Å². The molecule has 104 valence electrons. The fourth-order valence-electron chi connectivity index (χ4n) is 2.40. The number of hydrogen-bond donors (Lipinski definition) is 1. The van der Waals surface area contributed by atoms with Crippen LogP contribution in [-0.2, 0) is 13.5 Å². The van der Waals surface area contributed by atoms with Crippen LogP contribution in [0, 0.1) is 5.41 Å². The Morgan fingerprint density at radius 1 is 1.26 bits per heavy atom. The second-order valence-electron chi connectivity index (χ2n) is 6.45. The van der Waals surface area contributed by atoms with Crippen LogP contribution in [0.4, 0.5) is 0 Å². The molecular weight excluding hydrogens is 234 g/mol. The van der Waals surface area contributed by atoms with E-state index >= 15 is 0 Å². The van der Waals surface area contributed by atoms with E-state index in [1.807, 2.05) is 11.7 Å². The molecule has 0 aliphatic heterocycles. The molecule has 19 heavy (non-hydrogen) atoms. The Kier molecular flexibility index (Phi) is 3.95. The molecule has 0 spiro atoms. The number of rotatable bonds is 4. The summed E-state index contributed by atoms with van der Waals surface area (Å²) >= 11 is 0. The minimum Gasteiger partial charge on any atom is -0.327 e. The molecule has 3 nitrogen and oxygen atoms in total. The molecule has 0 radical (unpaired) electrons. The lowest BCUT2D eigenvalue weighted by Crippen LogP contribution is -2.34. The van der Waals surface area contributed by atoms with Crippen LogP contribution in [-0.4, -0.2) is 15.8 Å². The first kappa shape index (κ1) is 14.1. The van der Waals surface area contributed by atoms with Crippen molar-refractivity contribution in [3.05, 3.63) is 30.0 Å². The predicted octanol–water partition coefficient (Wildman–Crippen LogP) is 3.27. The molecule has 0 aliphatic rings. The number of hydrogen-bond acceptors (Lipinski definition) is 2. The highest BCUT2D eigenvalue weighted by Gasteiger charge is 2.20. The lowest BCUT2D eigenvalue weighted by atomic mass is 9.84. The predicted molar refractivity (Wildman–Crippen MR) is 81.1 cm³/mol. The van der Waals surface area contributed by atoms with Gasteiger partial charge in [0.15, 0.2) is 0 Å². The van der Waals surface area contributed by atoms with E-state index < -0.39 is 0 Å². The summed E-state index contributed by atoms with van der Waals surface area (Å²) in [7, 11) is 2.01. The fourth-order valence-corrected chi connectivity index (χ4v) is 2.40. The molecule has 2 aromatic rings. The number of nitrogens with zero attached hydrogens (tertiary/aromatic N) is 2. The summed E-state index contributed by atoms with van der Waals surface area (Å²) in [4.78, 5) is 0. The summed E-state index contributed by atoms with van der Waals surface area (Å²) in [5.41, 5.74) is 8.79. The SMILES string of the molecule is Cn1nc(CCCC(N)C(C)(C)C)c2ccccc21. The zero-order chi connectivity index (χ0) is 14.0. The van der Waals surface area contributed by atoms with Crippen molar-refractivity contribution in [2.75, 3.05) is 0 Å². The number of aryl methyl sites for hydroxylation is 2. The first-order valence-electron chi connectivity index (χ1n) is 7.06. The quantitative estimate of drug-likeness (QED) is 0.915. The molecule has 0 saturated carbocycles. The maximum atomic E-state index is 6.21. The van der Waals surface area contributed by atoms with Crippen LogP contribution in [0.15, 0.2) is 24.3 Å². The maximum absolute atomic E-state index is 6.21. The van der Waals surface area contributed by atoms with Gasteiger partial charge in [0.05, 0.1) is 11.2 Å². The van der Waals surface area contributed by atoms with Crippen molar-refractivity contribution in [2.24, 2.45) is 18.2 Å². The molecule has 0 fully saturated rings. The smallest absolute Gasteiger partial charge is 0.0703 e. The van der Waals surface area contributed by atoms with Crippen molar-refractivity contribution in [3.8, 4) is 0 Å². The van der Waals surface area contributed by atoms with E-state index in [2.05, 4.69) is 50.1 Å². The van der Waals surface area contributed by atoms with Crippen LogP contribution in [0.5, 0.6) is 0 Å². The molecule has 1 unspecified atom stereocenters. The maximum Gasteiger partial charge on any atom is 0.0703 e. The van der Waals surface area contributed by atoms with Gasteiger partial charge in [-0.05, 0) is 30.7 Å². The molecular formula is C16H25N3. The van der Waals surface area contributed by atoms with E-state index in [1.165, 1.54) is 16.6 Å². The number of benzene rings is 1. The second kappa shape index (κ2) is 5.33. The third-order valence-electron chi connectivity index (χ3n) is 3.88. The fraction of sp³-hybridized carbons (Fsp3) is 0.562. The topological polar surface area (TPSA) is 43.8 Å². The van der Waals surface area contributed by atoms with Gasteiger partial charge < -0.3 is 5.73 Å². The third-order valence-corrected chi connectivity index (χ3v) is 3.88. The van der Waals surface area contributed by atoms with Gasteiger partial charge in [0.2, 0.25) is 0 Å². The van der Waals surface area contributed by atoms with Crippen LogP contribution in [0.3, 0.4) is 0 Å². The molecule has 1 aromatic carbocycles. The van der Waals surface area contributed by atoms with Crippen molar-refractivity contribution in [3.63, 3.8) is 0 Å². The molecule has 1 heterocycles. The highest BCUT2D eigenvalue weighted by Crippen LogP contribution is 2.23. The normalized spacial score (nSPS) is 13.9. The summed E-state index contributed by atoms with van der Waals surface area (Å²) in [6.45, 7) is 6.61. The molecule has 2 N–H and O–H groups in total. The molecule has 0 bridgehead atoms. The highest BCUT2D eigenvalue weighted by molar-refractivity contribution is 5.81. The molecule has 2 rings (SSSR count). The van der Waals surface area contributed by atoms with E-state index in [4.69, 9.17) is 5.73 Å². The molecule has 0 amide bonds. The first-order valence-corrected chi connectivity index (χ1v) is 7.06. The summed E-state index contributed by atoms with van der Waals surface area (Å²) in [6, 6.07) is 8.66. The molecule has 0 saturated heterocycles. The van der Waals surface area contributed by atoms with Crippen molar-refractivity contribution >= 4 is 10.9 Å². The standard InChI is InChI=1S/C16H25N3/c1-16(2,3)15(17)11-7-9-13-12-8-5-6-10-14(12)19(4)18-13/h5-6,8,10,15H,7,9,11,17H2,1-4H3. The van der Waals surface area contributed by atoms with Crippen molar-refractivity contribution in [1.29, 1.82) is 0 Å². The summed E-state index contributed by atoms with van der Waals surface area (Å²) in [5, 5.41) is 5.90. The Morgan fingerprint density at radius 3 is 2.63 bits per heavy atom. The van der Waals surface area contributed by atoms with Gasteiger partial charge in [-0.3, -0.25) is 4.68 Å². The minimum absolute atomic E-state index is 0.187. The van der Waals surface area contributed by atoms with Crippen molar-refractivity contribution < 1.29 is 0 Å². The number of nitrogens with two attached hydrogens (primary N) is 1. The summed E-state index contributed by atoms with van der Waals surface area (Å²) in [6.07, 6.45) is 3.15. The van der Waals surface area contributed by atoms with Gasteiger partial charge >= 0.3 is 0 Å². The Morgan fingerprint density at radius 2 is 1.95 bits per heavy atom. The van der Waals surface area contributed by atoms with E-state index in [-0.39, 0.29) is 11.5 Å². The van der Waals surface area contributed by atoms with Gasteiger partial charge in [0.1, 0.15) is 0 Å². The average Bonchev–Trinajstić information content (AvgIpc) is 2.66. The molecule has 0 aliphatic carbocycles. The summed E-state index contributed by atoms with van der Waals surface area (Å²) < 4.78 is 1.97. The Bertz CT molecular complexity index is 549. The Hall–Kier alpha value is -1.35. The average molecular weight is 259 g/mol. The lowest BCUT2D eigenvalue weighted by Gasteiger charge is -2.26.